The molecule has 104 heavy (non-hydrogen) atoms. The standard InChI is InChI=1S/C24H21ClN2O4.C22H20N2O3.C12H14N2O2.C10H8O2.C7H6O2.C3H3Br.C2H2Cl2O/c1-3-12-31-16-10-8-15(9-11-16)23-22-18(17-6-4-5-7-19(17)26-22)13-20(24(29)30-2)27(23)21(28)14-25;1-3-12-27-15-10-8-14(9-11-15)20-21-17(13-19(24-20)22(25)26-2)16-6-4-5-7-18(16)23-21;1-16-12(15)10(13)6-8-7-14-11-5-3-2-4-9(8)11;1-2-7-12-10-5-3-9(8-11)4-6-10;8-5-6-1-3-7(9)4-2-6;1-2-3-4;3-1-2(4)5/h1,4-11,20,23,26H,12-14H2,2H3;1,4-11,19-20,23-24H,12-13H2,2H3;2-5,7,10,14H,6,13H2,1H3;1,3-6,8H,7H2;1-5,9H;1H,3H2;1H2/t20-,23+;19-,20?;10-;;;;/m111..../s1. The van der Waals surface area contributed by atoms with Crippen LogP contribution in [0, 0.1) is 49.4 Å². The quantitative estimate of drug-likeness (QED) is 0.0123. The largest absolute Gasteiger partial charge is 0.508 e. The van der Waals surface area contributed by atoms with Gasteiger partial charge in [0, 0.05) is 80.7 Å². The number of aldehydes is 2. The van der Waals surface area contributed by atoms with E-state index in [1.165, 1.54) is 38.4 Å². The van der Waals surface area contributed by atoms with Crippen LogP contribution in [-0.2, 0) is 57.4 Å². The maximum atomic E-state index is 12.9. The van der Waals surface area contributed by atoms with Crippen LogP contribution < -0.4 is 25.3 Å². The number of nitrogens with zero attached hydrogens (tertiary/aromatic N) is 1. The first-order valence-corrected chi connectivity index (χ1v) is 34.2. The number of methoxy groups -OCH3 is 3. The van der Waals surface area contributed by atoms with Crippen molar-refractivity contribution in [2.75, 3.05) is 58.2 Å². The van der Waals surface area contributed by atoms with Gasteiger partial charge in [0.1, 0.15) is 79.4 Å². The fraction of sp³-hybridized carbons (Fsp3) is 0.212. The van der Waals surface area contributed by atoms with Crippen molar-refractivity contribution in [3.05, 3.63) is 226 Å². The molecule has 5 heterocycles. The van der Waals surface area contributed by atoms with E-state index in [9.17, 15) is 33.6 Å². The minimum Gasteiger partial charge on any atom is -0.508 e. The number of aromatic nitrogens is 3. The number of amides is 1. The number of para-hydroxylation sites is 3. The molecule has 1 unspecified atom stereocenters. The summed E-state index contributed by atoms with van der Waals surface area (Å²) in [6.07, 6.45) is 25.0. The number of alkyl halides is 3. The van der Waals surface area contributed by atoms with Crippen molar-refractivity contribution in [2.45, 2.75) is 49.5 Å². The van der Waals surface area contributed by atoms with Crippen molar-refractivity contribution in [1.29, 1.82) is 0 Å². The first kappa shape index (κ1) is 81.7. The lowest BCUT2D eigenvalue weighted by Gasteiger charge is -2.40. The zero-order valence-electron chi connectivity index (χ0n) is 56.7. The van der Waals surface area contributed by atoms with Gasteiger partial charge in [0.25, 0.3) is 0 Å². The highest BCUT2D eigenvalue weighted by atomic mass is 79.9. The fourth-order valence-electron chi connectivity index (χ4n) is 11.0. The van der Waals surface area contributed by atoms with E-state index in [4.69, 9.17) is 95.0 Å². The lowest BCUT2D eigenvalue weighted by atomic mass is 9.88. The van der Waals surface area contributed by atoms with Gasteiger partial charge in [-0.05, 0) is 130 Å². The topological polar surface area (TPSA) is 284 Å². The number of ether oxygens (including phenoxy) is 6. The number of halogens is 4. The molecule has 0 spiro atoms. The lowest BCUT2D eigenvalue weighted by molar-refractivity contribution is -0.154. The molecule has 12 rings (SSSR count). The molecule has 2 aliphatic heterocycles. The third kappa shape index (κ3) is 23.1. The van der Waals surface area contributed by atoms with Gasteiger partial charge in [-0.15, -0.1) is 48.9 Å². The maximum Gasteiger partial charge on any atom is 0.328 e. The first-order chi connectivity index (χ1) is 50.4. The highest BCUT2D eigenvalue weighted by Gasteiger charge is 2.44. The second-order valence-electron chi connectivity index (χ2n) is 22.1. The van der Waals surface area contributed by atoms with Gasteiger partial charge in [0.15, 0.2) is 0 Å². The molecular weight excluding hydrogens is 1460 g/mol. The number of esters is 3. The summed E-state index contributed by atoms with van der Waals surface area (Å²) in [5, 5.41) is 15.6. The van der Waals surface area contributed by atoms with Crippen LogP contribution in [0.4, 0.5) is 0 Å². The number of carbonyl (C=O) groups excluding carboxylic acids is 7. The molecule has 2 aliphatic rings. The van der Waals surface area contributed by atoms with Crippen molar-refractivity contribution in [1.82, 2.24) is 25.2 Å². The van der Waals surface area contributed by atoms with Crippen LogP contribution in [0.15, 0.2) is 176 Å². The Morgan fingerprint density at radius 1 is 0.596 bits per heavy atom. The van der Waals surface area contributed by atoms with Crippen LogP contribution in [0.3, 0.4) is 0 Å². The molecule has 1 amide bonds. The summed E-state index contributed by atoms with van der Waals surface area (Å²) < 4.78 is 30.7. The van der Waals surface area contributed by atoms with Crippen LogP contribution in [0.2, 0.25) is 0 Å². The summed E-state index contributed by atoms with van der Waals surface area (Å²) in [6.45, 7) is 0.647. The summed E-state index contributed by atoms with van der Waals surface area (Å²) in [5.41, 5.74) is 16.9. The predicted molar refractivity (Wildman–Crippen MR) is 407 cm³/mol. The highest BCUT2D eigenvalue weighted by Crippen LogP contribution is 2.42. The van der Waals surface area contributed by atoms with E-state index in [0.717, 1.165) is 84.5 Å². The van der Waals surface area contributed by atoms with Crippen LogP contribution in [0.1, 0.15) is 72.0 Å². The van der Waals surface area contributed by atoms with Gasteiger partial charge in [-0.25, -0.2) is 4.79 Å². The van der Waals surface area contributed by atoms with E-state index in [1.807, 2.05) is 103 Å². The number of carbonyl (C=O) groups is 7. The second-order valence-corrected chi connectivity index (χ2v) is 23.6. The molecule has 3 aromatic heterocycles. The van der Waals surface area contributed by atoms with Gasteiger partial charge >= 0.3 is 17.9 Å². The Kier molecular flexibility index (Phi) is 33.7. The SMILES string of the molecule is C#CCBr.C#CCOc1ccc(C2N[C@@H](C(=O)OC)Cc3c2[nH]c2ccccc32)cc1.C#CCOc1ccc(C=O)cc1.C#CCOc1ccc([C@H]2c3[nH]c4ccccc4c3C[C@H](C(=O)OC)N2C(=O)CCl)cc1.COC(=O)[C@H](N)Cc1c[nH]c2ccccc12.O=C(Cl)CCl.O=Cc1ccc(O)cc1. The number of phenolic OH excluding ortho intramolecular Hbond substituents is 1. The van der Waals surface area contributed by atoms with Gasteiger partial charge < -0.3 is 59.1 Å². The van der Waals surface area contributed by atoms with Gasteiger partial charge in [-0.2, -0.15) is 0 Å². The number of H-pyrrole nitrogens is 3. The zero-order valence-corrected chi connectivity index (χ0v) is 60.6. The minimum absolute atomic E-state index is 0.0957. The van der Waals surface area contributed by atoms with Gasteiger partial charge in [-0.1, -0.05) is 118 Å². The molecule has 0 saturated heterocycles. The van der Waals surface area contributed by atoms with Crippen molar-refractivity contribution in [2.24, 2.45) is 5.73 Å². The van der Waals surface area contributed by atoms with Crippen molar-refractivity contribution < 1.29 is 67.1 Å². The molecular formula is C80H74BrCl3N6O14. The molecule has 0 fully saturated rings. The van der Waals surface area contributed by atoms with E-state index in [-0.39, 0.29) is 61.2 Å². The van der Waals surface area contributed by atoms with Crippen LogP contribution in [-0.4, -0.2) is 143 Å². The molecule has 7 N–H and O–H groups in total. The Balaban J connectivity index is 0.000000209. The Morgan fingerprint density at radius 2 is 1.04 bits per heavy atom. The Bertz CT molecular complexity index is 4670. The molecule has 0 saturated carbocycles. The Labute approximate surface area is 625 Å². The highest BCUT2D eigenvalue weighted by molar-refractivity contribution is 9.09. The number of rotatable bonds is 17. The number of benzene rings is 7. The van der Waals surface area contributed by atoms with Gasteiger partial charge in [0.2, 0.25) is 11.1 Å². The van der Waals surface area contributed by atoms with E-state index in [1.54, 1.807) is 48.5 Å². The number of nitrogens with two attached hydrogens (primary N) is 1. The summed E-state index contributed by atoms with van der Waals surface area (Å²) in [5.74, 6) is 9.97. The average molecular weight is 1530 g/mol. The number of terminal acetylenes is 4. The van der Waals surface area contributed by atoms with E-state index < -0.39 is 35.4 Å². The Hall–Kier alpha value is -11.2. The molecule has 10 aromatic rings. The van der Waals surface area contributed by atoms with E-state index in [2.05, 4.69) is 76.8 Å². The maximum absolute atomic E-state index is 12.9. The third-order valence-electron chi connectivity index (χ3n) is 15.6. The normalized spacial score (nSPS) is 14.3. The van der Waals surface area contributed by atoms with E-state index >= 15 is 0 Å². The first-order valence-electron chi connectivity index (χ1n) is 31.7. The number of nitrogens with one attached hydrogen (secondary N) is 4. The number of aromatic hydroxyl groups is 1. The summed E-state index contributed by atoms with van der Waals surface area (Å²) in [4.78, 5) is 90.5. The monoisotopic (exact) mass is 1530 g/mol. The van der Waals surface area contributed by atoms with Gasteiger partial charge in [-0.3, -0.25) is 34.1 Å². The fourth-order valence-corrected chi connectivity index (χ4v) is 11.1. The van der Waals surface area contributed by atoms with Crippen molar-refractivity contribution in [3.8, 4) is 72.4 Å². The summed E-state index contributed by atoms with van der Waals surface area (Å²) in [6, 6.07) is 49.4. The number of hydrogen-bond donors (Lipinski definition) is 6. The molecule has 0 radical (unpaired) electrons. The second kappa shape index (κ2) is 42.9. The molecule has 7 aromatic carbocycles. The molecule has 5 atom stereocenters. The van der Waals surface area contributed by atoms with Crippen LogP contribution in [0.25, 0.3) is 32.7 Å². The number of phenols is 1. The molecule has 0 bridgehead atoms. The zero-order chi connectivity index (χ0) is 75.5. The minimum atomic E-state index is -0.787. The van der Waals surface area contributed by atoms with Gasteiger partial charge in [0.05, 0.1) is 44.6 Å². The smallest absolute Gasteiger partial charge is 0.328 e. The average Bonchev–Trinajstić information content (AvgIpc) is 1.51. The van der Waals surface area contributed by atoms with E-state index in [0.29, 0.717) is 53.0 Å². The molecule has 20 nitrogen and oxygen atoms in total. The van der Waals surface area contributed by atoms with Crippen molar-refractivity contribution >= 4 is 125 Å². The molecule has 0 aliphatic carbocycles. The molecule has 24 heteroatoms. The van der Waals surface area contributed by atoms with Crippen molar-refractivity contribution in [3.63, 3.8) is 0 Å². The van der Waals surface area contributed by atoms with Crippen LogP contribution in [0.5, 0.6) is 23.0 Å². The summed E-state index contributed by atoms with van der Waals surface area (Å²) in [7, 11) is 4.09. The Morgan fingerprint density at radius 3 is 1.49 bits per heavy atom. The summed E-state index contributed by atoms with van der Waals surface area (Å²) >= 11 is 18.5. The number of aromatic amines is 3. The number of hydrogen-bond acceptors (Lipinski definition) is 16. The lowest BCUT2D eigenvalue weighted by Crippen LogP contribution is -2.52. The van der Waals surface area contributed by atoms with Crippen LogP contribution >= 0.6 is 50.7 Å². The predicted octanol–water partition coefficient (Wildman–Crippen LogP) is 12.3. The number of fused-ring (bicyclic) bond motifs is 7. The molecule has 536 valence electrons. The third-order valence-corrected chi connectivity index (χ3v) is 16.7.